The van der Waals surface area contributed by atoms with E-state index in [1.807, 2.05) is 0 Å². The highest BCUT2D eigenvalue weighted by molar-refractivity contribution is 5.83. The summed E-state index contributed by atoms with van der Waals surface area (Å²) < 4.78 is 6.43. The molecule has 1 fully saturated rings. The maximum atomic E-state index is 6.43. The van der Waals surface area contributed by atoms with Gasteiger partial charge in [-0.05, 0) is 54.4 Å². The normalized spacial score (nSPS) is 16.3. The highest BCUT2D eigenvalue weighted by Gasteiger charge is 2.20. The molecule has 0 amide bonds. The fraction of sp³-hybridized carbons (Fsp3) is 0.273. The van der Waals surface area contributed by atoms with Crippen molar-refractivity contribution in [3.63, 3.8) is 0 Å². The van der Waals surface area contributed by atoms with Gasteiger partial charge in [-0.3, -0.25) is 4.90 Å². The molecule has 0 saturated carbocycles. The maximum absolute atomic E-state index is 6.43. The van der Waals surface area contributed by atoms with Gasteiger partial charge in [-0.15, -0.1) is 0 Å². The number of fused-ring (bicyclic) bond motifs is 1. The van der Waals surface area contributed by atoms with Crippen LogP contribution in [0, 0.1) is 0 Å². The van der Waals surface area contributed by atoms with E-state index in [1.165, 1.54) is 42.3 Å². The maximum Gasteiger partial charge on any atom is 0.136 e. The van der Waals surface area contributed by atoms with Crippen LogP contribution in [0.1, 0.15) is 24.5 Å². The van der Waals surface area contributed by atoms with Crippen LogP contribution in [-0.2, 0) is 0 Å². The van der Waals surface area contributed by atoms with Crippen LogP contribution in [0.2, 0.25) is 0 Å². The first-order valence-electron chi connectivity index (χ1n) is 8.81. The third kappa shape index (κ3) is 3.44. The molecule has 3 aromatic rings. The summed E-state index contributed by atoms with van der Waals surface area (Å²) in [5.74, 6) is 0.946. The van der Waals surface area contributed by atoms with E-state index >= 15 is 0 Å². The Labute approximate surface area is 143 Å². The van der Waals surface area contributed by atoms with Gasteiger partial charge in [-0.2, -0.15) is 0 Å². The van der Waals surface area contributed by atoms with Crippen molar-refractivity contribution in [1.29, 1.82) is 0 Å². The Morgan fingerprint density at radius 3 is 2.29 bits per heavy atom. The average Bonchev–Trinajstić information content (AvgIpc) is 3.15. The summed E-state index contributed by atoms with van der Waals surface area (Å²) in [6.45, 7) is 3.33. The number of hydrogen-bond acceptors (Lipinski definition) is 2. The van der Waals surface area contributed by atoms with E-state index in [2.05, 4.69) is 77.7 Å². The SMILES string of the molecule is c1ccc(C(CN2CCCC2)Oc2ccc3ccccc3c2)cc1. The van der Waals surface area contributed by atoms with Gasteiger partial charge in [0.2, 0.25) is 0 Å². The second-order valence-corrected chi connectivity index (χ2v) is 6.53. The summed E-state index contributed by atoms with van der Waals surface area (Å²) in [6.07, 6.45) is 2.68. The summed E-state index contributed by atoms with van der Waals surface area (Å²) in [5.41, 5.74) is 1.25. The van der Waals surface area contributed by atoms with E-state index in [0.29, 0.717) is 0 Å². The first kappa shape index (κ1) is 15.2. The van der Waals surface area contributed by atoms with Crippen molar-refractivity contribution in [3.05, 3.63) is 78.4 Å². The fourth-order valence-electron chi connectivity index (χ4n) is 3.48. The van der Waals surface area contributed by atoms with E-state index < -0.39 is 0 Å². The van der Waals surface area contributed by atoms with Gasteiger partial charge in [0, 0.05) is 6.54 Å². The average molecular weight is 317 g/mol. The van der Waals surface area contributed by atoms with Crippen LogP contribution in [0.25, 0.3) is 10.8 Å². The number of ether oxygens (including phenoxy) is 1. The molecule has 0 aliphatic carbocycles. The van der Waals surface area contributed by atoms with Gasteiger partial charge in [0.25, 0.3) is 0 Å². The number of rotatable bonds is 5. The monoisotopic (exact) mass is 317 g/mol. The molecule has 24 heavy (non-hydrogen) atoms. The molecule has 2 heteroatoms. The Balaban J connectivity index is 1.59. The van der Waals surface area contributed by atoms with Crippen LogP contribution in [0.15, 0.2) is 72.8 Å². The Hall–Kier alpha value is -2.32. The molecular formula is C22H23NO. The Morgan fingerprint density at radius 2 is 1.50 bits per heavy atom. The smallest absolute Gasteiger partial charge is 0.136 e. The largest absolute Gasteiger partial charge is 0.484 e. The molecule has 1 aliphatic heterocycles. The quantitative estimate of drug-likeness (QED) is 0.652. The number of benzene rings is 3. The molecule has 4 rings (SSSR count). The van der Waals surface area contributed by atoms with Crippen LogP contribution in [0.4, 0.5) is 0 Å². The molecule has 0 N–H and O–H groups in total. The lowest BCUT2D eigenvalue weighted by molar-refractivity contribution is 0.148. The molecule has 3 aromatic carbocycles. The number of hydrogen-bond donors (Lipinski definition) is 0. The molecule has 1 unspecified atom stereocenters. The second kappa shape index (κ2) is 7.06. The van der Waals surface area contributed by atoms with Crippen LogP contribution < -0.4 is 4.74 Å². The minimum atomic E-state index is 0.0745. The molecular weight excluding hydrogens is 294 g/mol. The third-order valence-electron chi connectivity index (χ3n) is 4.79. The summed E-state index contributed by atoms with van der Waals surface area (Å²) >= 11 is 0. The van der Waals surface area contributed by atoms with E-state index in [4.69, 9.17) is 4.74 Å². The first-order chi connectivity index (χ1) is 11.9. The van der Waals surface area contributed by atoms with Crippen molar-refractivity contribution in [2.45, 2.75) is 18.9 Å². The van der Waals surface area contributed by atoms with Gasteiger partial charge < -0.3 is 4.74 Å². The lowest BCUT2D eigenvalue weighted by Crippen LogP contribution is -2.28. The van der Waals surface area contributed by atoms with Crippen molar-refractivity contribution in [1.82, 2.24) is 4.90 Å². The van der Waals surface area contributed by atoms with Gasteiger partial charge in [-0.1, -0.05) is 60.7 Å². The van der Waals surface area contributed by atoms with Crippen molar-refractivity contribution in [2.75, 3.05) is 19.6 Å². The van der Waals surface area contributed by atoms with Crippen molar-refractivity contribution >= 4 is 10.8 Å². The predicted molar refractivity (Wildman–Crippen MR) is 99.4 cm³/mol. The summed E-state index contributed by atoms with van der Waals surface area (Å²) in [4.78, 5) is 2.51. The molecule has 0 bridgehead atoms. The minimum absolute atomic E-state index is 0.0745. The molecule has 1 atom stereocenters. The Kier molecular flexibility index (Phi) is 4.48. The summed E-state index contributed by atoms with van der Waals surface area (Å²) in [6, 6.07) is 25.4. The molecule has 122 valence electrons. The highest BCUT2D eigenvalue weighted by Crippen LogP contribution is 2.27. The topological polar surface area (TPSA) is 12.5 Å². The van der Waals surface area contributed by atoms with E-state index in [9.17, 15) is 0 Å². The molecule has 2 nitrogen and oxygen atoms in total. The third-order valence-corrected chi connectivity index (χ3v) is 4.79. The van der Waals surface area contributed by atoms with Crippen LogP contribution in [0.3, 0.4) is 0 Å². The highest BCUT2D eigenvalue weighted by atomic mass is 16.5. The molecule has 0 radical (unpaired) electrons. The number of nitrogens with zero attached hydrogens (tertiary/aromatic N) is 1. The Bertz CT molecular complexity index is 793. The first-order valence-corrected chi connectivity index (χ1v) is 8.81. The van der Waals surface area contributed by atoms with Crippen molar-refractivity contribution < 1.29 is 4.74 Å². The van der Waals surface area contributed by atoms with Crippen LogP contribution in [0.5, 0.6) is 5.75 Å². The minimum Gasteiger partial charge on any atom is -0.484 e. The van der Waals surface area contributed by atoms with Crippen molar-refractivity contribution in [3.8, 4) is 5.75 Å². The van der Waals surface area contributed by atoms with E-state index in [1.54, 1.807) is 0 Å². The Morgan fingerprint density at radius 1 is 0.792 bits per heavy atom. The molecule has 1 aliphatic rings. The zero-order chi connectivity index (χ0) is 16.2. The van der Waals surface area contributed by atoms with Crippen LogP contribution >= 0.6 is 0 Å². The molecule has 1 saturated heterocycles. The second-order valence-electron chi connectivity index (χ2n) is 6.53. The lowest BCUT2D eigenvalue weighted by atomic mass is 10.1. The van der Waals surface area contributed by atoms with E-state index in [0.717, 1.165) is 12.3 Å². The van der Waals surface area contributed by atoms with E-state index in [-0.39, 0.29) is 6.10 Å². The molecule has 1 heterocycles. The molecule has 0 spiro atoms. The summed E-state index contributed by atoms with van der Waals surface area (Å²) in [5, 5.41) is 2.48. The van der Waals surface area contributed by atoms with Crippen LogP contribution in [-0.4, -0.2) is 24.5 Å². The van der Waals surface area contributed by atoms with Gasteiger partial charge in [0.05, 0.1) is 0 Å². The molecule has 0 aromatic heterocycles. The summed E-state index contributed by atoms with van der Waals surface area (Å²) in [7, 11) is 0. The zero-order valence-corrected chi connectivity index (χ0v) is 13.9. The van der Waals surface area contributed by atoms with Gasteiger partial charge in [-0.25, -0.2) is 0 Å². The fourth-order valence-corrected chi connectivity index (χ4v) is 3.48. The lowest BCUT2D eigenvalue weighted by Gasteiger charge is -2.25. The van der Waals surface area contributed by atoms with Gasteiger partial charge in [0.1, 0.15) is 11.9 Å². The van der Waals surface area contributed by atoms with Gasteiger partial charge in [0.15, 0.2) is 0 Å². The van der Waals surface area contributed by atoms with Gasteiger partial charge >= 0.3 is 0 Å². The number of likely N-dealkylation sites (tertiary alicyclic amines) is 1. The predicted octanol–water partition coefficient (Wildman–Crippen LogP) is 5.06. The van der Waals surface area contributed by atoms with Crippen molar-refractivity contribution in [2.24, 2.45) is 0 Å². The standard InChI is InChI=1S/C22H23NO/c1-2-9-19(10-3-1)22(17-23-14-6-7-15-23)24-21-13-12-18-8-4-5-11-20(18)16-21/h1-5,8-13,16,22H,6-7,14-15,17H2. The zero-order valence-electron chi connectivity index (χ0n) is 13.9.